The van der Waals surface area contributed by atoms with Crippen LogP contribution in [0.5, 0.6) is 0 Å². The number of pyridine rings is 4. The number of hydrogen-bond donors (Lipinski definition) is 0. The van der Waals surface area contributed by atoms with Crippen LogP contribution in [0.1, 0.15) is 0 Å². The van der Waals surface area contributed by atoms with Gasteiger partial charge >= 0.3 is 42.1 Å². The monoisotopic (exact) mass is 1120 g/mol. The minimum Gasteiger partial charge on any atom is -0.435 e. The van der Waals surface area contributed by atoms with Gasteiger partial charge in [-0.05, 0) is 79.5 Å². The molecule has 0 aliphatic carbocycles. The Kier molecular flexibility index (Phi) is 15.6. The fraction of sp³-hybridized carbons (Fsp3) is 0.0833. The van der Waals surface area contributed by atoms with Crippen molar-refractivity contribution in [2.45, 2.75) is 0 Å². The number of rotatable bonds is 4. The van der Waals surface area contributed by atoms with Crippen molar-refractivity contribution in [1.29, 1.82) is 0 Å². The average molecular weight is 1120 g/mol. The number of aromatic nitrogens is 6. The smallest absolute Gasteiger partial charge is 0.435 e. The second-order valence-corrected chi connectivity index (χ2v) is 13.1. The summed E-state index contributed by atoms with van der Waals surface area (Å²) in [5.41, 5.74) is 7.70. The Morgan fingerprint density at radius 2 is 0.810 bits per heavy atom. The zero-order chi connectivity index (χ0) is 38.7. The number of fused-ring (bicyclic) bond motifs is 6. The van der Waals surface area contributed by atoms with Gasteiger partial charge in [0.1, 0.15) is 0 Å². The zero-order valence-electron chi connectivity index (χ0n) is 32.4. The standard InChI is InChI=1S/2C13H12N3.2C11H8N.2Pt/c2*1-16(2)12-8-7-10-9-5-3-4-6-11(9)14-13(10)15-12;2*1-2-6-10(7-3-1)11-8-4-5-9-12-11;;/h2*3-8H,1-2H3;2*1-6,8-9H;;/q4*-1;2*+2. The van der Waals surface area contributed by atoms with E-state index in [9.17, 15) is 0 Å². The normalized spacial score (nSPS) is 10.1. The van der Waals surface area contributed by atoms with Crippen LogP contribution >= 0.6 is 0 Å². The van der Waals surface area contributed by atoms with Crippen LogP contribution in [0.3, 0.4) is 0 Å². The van der Waals surface area contributed by atoms with Crippen molar-refractivity contribution in [3.05, 3.63) is 182 Å². The van der Waals surface area contributed by atoms with Crippen molar-refractivity contribution in [2.24, 2.45) is 0 Å². The molecule has 0 atom stereocenters. The molecule has 8 nitrogen and oxygen atoms in total. The van der Waals surface area contributed by atoms with E-state index in [-0.39, 0.29) is 42.1 Å². The minimum atomic E-state index is 0. The third-order valence-electron chi connectivity index (χ3n) is 8.78. The first-order valence-corrected chi connectivity index (χ1v) is 18.2. The quantitative estimate of drug-likeness (QED) is 0.161. The van der Waals surface area contributed by atoms with Crippen LogP contribution in [0.4, 0.5) is 11.6 Å². The van der Waals surface area contributed by atoms with E-state index < -0.39 is 0 Å². The van der Waals surface area contributed by atoms with Crippen LogP contribution < -0.4 is 19.8 Å². The van der Waals surface area contributed by atoms with Crippen molar-refractivity contribution >= 4 is 55.5 Å². The molecule has 0 bridgehead atoms. The molecule has 0 N–H and O–H groups in total. The summed E-state index contributed by atoms with van der Waals surface area (Å²) in [4.78, 5) is 30.5. The number of para-hydroxylation sites is 2. The SMILES string of the molecule is CN(C)c1ccc2c(n1)[n-]c1ccccc12.CN(C)c1ccc2c(n1)[n-]c1ccccc12.[Pt+2].[Pt+2].[c-]1ccccc1-c1ccccn1.[c-]1ccccc1-c1ccccn1. The van der Waals surface area contributed by atoms with Crippen molar-refractivity contribution in [3.8, 4) is 22.5 Å². The van der Waals surface area contributed by atoms with Gasteiger partial charge in [0.05, 0.1) is 0 Å². The molecule has 6 heterocycles. The van der Waals surface area contributed by atoms with Gasteiger partial charge in [0.25, 0.3) is 0 Å². The van der Waals surface area contributed by atoms with Crippen LogP contribution in [0, 0.1) is 12.1 Å². The average Bonchev–Trinajstić information content (AvgIpc) is 3.83. The van der Waals surface area contributed by atoms with Crippen molar-refractivity contribution in [2.75, 3.05) is 38.0 Å². The Hall–Kier alpha value is -5.94. The third kappa shape index (κ3) is 10.7. The van der Waals surface area contributed by atoms with Gasteiger partial charge in [0.2, 0.25) is 0 Å². The Labute approximate surface area is 368 Å². The fourth-order valence-corrected chi connectivity index (χ4v) is 5.94. The maximum absolute atomic E-state index is 4.53. The van der Waals surface area contributed by atoms with E-state index >= 15 is 0 Å². The summed E-state index contributed by atoms with van der Waals surface area (Å²) in [5, 5.41) is 4.60. The second kappa shape index (κ2) is 21.0. The molecular weight excluding hydrogens is 1080 g/mol. The Morgan fingerprint density at radius 3 is 1.17 bits per heavy atom. The van der Waals surface area contributed by atoms with Crippen LogP contribution in [-0.4, -0.2) is 48.1 Å². The molecule has 0 amide bonds. The third-order valence-corrected chi connectivity index (χ3v) is 8.78. The molecule has 10 rings (SSSR count). The van der Waals surface area contributed by atoms with Gasteiger partial charge in [-0.1, -0.05) is 84.9 Å². The fourth-order valence-electron chi connectivity index (χ4n) is 5.94. The van der Waals surface area contributed by atoms with E-state index in [1.165, 1.54) is 10.8 Å². The summed E-state index contributed by atoms with van der Waals surface area (Å²) in [7, 11) is 7.93. The van der Waals surface area contributed by atoms with Crippen LogP contribution in [0.2, 0.25) is 0 Å². The number of anilines is 2. The molecule has 4 aromatic carbocycles. The Balaban J connectivity index is 0.000000147. The maximum Gasteiger partial charge on any atom is 2.00 e. The molecule has 0 radical (unpaired) electrons. The first kappa shape index (κ1) is 43.2. The molecule has 0 saturated carbocycles. The van der Waals surface area contributed by atoms with E-state index in [2.05, 4.69) is 66.3 Å². The van der Waals surface area contributed by atoms with Crippen molar-refractivity contribution in [3.63, 3.8) is 0 Å². The van der Waals surface area contributed by atoms with E-state index in [4.69, 9.17) is 0 Å². The molecule has 58 heavy (non-hydrogen) atoms. The first-order chi connectivity index (χ1) is 27.4. The summed E-state index contributed by atoms with van der Waals surface area (Å²) >= 11 is 0. The molecule has 10 aromatic rings. The van der Waals surface area contributed by atoms with E-state index in [0.29, 0.717) is 0 Å². The zero-order valence-corrected chi connectivity index (χ0v) is 36.9. The molecule has 0 fully saturated rings. The van der Waals surface area contributed by atoms with Gasteiger partial charge in [0.15, 0.2) is 0 Å². The molecule has 0 aliphatic rings. The first-order valence-electron chi connectivity index (χ1n) is 18.2. The van der Waals surface area contributed by atoms with Gasteiger partial charge in [-0.15, -0.1) is 71.8 Å². The van der Waals surface area contributed by atoms with Crippen LogP contribution in [-0.2, 0) is 42.1 Å². The predicted molar refractivity (Wildman–Crippen MR) is 231 cm³/mol. The van der Waals surface area contributed by atoms with E-state index in [0.717, 1.165) is 67.3 Å². The molecule has 0 aliphatic heterocycles. The van der Waals surface area contributed by atoms with Gasteiger partial charge < -0.3 is 39.7 Å². The van der Waals surface area contributed by atoms with Gasteiger partial charge in [-0.25, -0.2) is 0 Å². The van der Waals surface area contributed by atoms with Crippen LogP contribution in [0.25, 0.3) is 66.4 Å². The largest absolute Gasteiger partial charge is 2.00 e. The number of hydrogen-bond acceptors (Lipinski definition) is 6. The number of nitrogens with zero attached hydrogens (tertiary/aromatic N) is 8. The molecule has 0 saturated heterocycles. The molecular formula is C48H40N8Pt2. The second-order valence-electron chi connectivity index (χ2n) is 13.1. The molecule has 0 unspecified atom stereocenters. The molecule has 0 spiro atoms. The molecule has 292 valence electrons. The van der Waals surface area contributed by atoms with Crippen molar-refractivity contribution in [1.82, 2.24) is 29.9 Å². The topological polar surface area (TPSA) is 86.2 Å². The molecule has 6 aromatic heterocycles. The summed E-state index contributed by atoms with van der Waals surface area (Å²) in [6, 6.07) is 58.1. The summed E-state index contributed by atoms with van der Waals surface area (Å²) in [5.74, 6) is 1.88. The Morgan fingerprint density at radius 1 is 0.414 bits per heavy atom. The Bertz CT molecular complexity index is 2490. The summed E-state index contributed by atoms with van der Waals surface area (Å²) in [6.45, 7) is 0. The van der Waals surface area contributed by atoms with Gasteiger partial charge in [-0.3, -0.25) is 0 Å². The van der Waals surface area contributed by atoms with Gasteiger partial charge in [0, 0.05) is 52.2 Å². The summed E-state index contributed by atoms with van der Waals surface area (Å²) in [6.07, 6.45) is 3.58. The predicted octanol–water partition coefficient (Wildman–Crippen LogP) is 9.91. The van der Waals surface area contributed by atoms with Crippen molar-refractivity contribution < 1.29 is 42.1 Å². The van der Waals surface area contributed by atoms with Crippen LogP contribution in [0.15, 0.2) is 170 Å². The maximum atomic E-state index is 4.53. The number of benzene rings is 4. The minimum absolute atomic E-state index is 0. The van der Waals surface area contributed by atoms with Gasteiger partial charge in [-0.2, -0.15) is 0 Å². The summed E-state index contributed by atoms with van der Waals surface area (Å²) < 4.78 is 0. The van der Waals surface area contributed by atoms with E-state index in [1.807, 2.05) is 171 Å². The molecule has 10 heteroatoms. The van der Waals surface area contributed by atoms with E-state index in [1.54, 1.807) is 12.4 Å².